The summed E-state index contributed by atoms with van der Waals surface area (Å²) in [5.41, 5.74) is 7.11. The van der Waals surface area contributed by atoms with Crippen molar-refractivity contribution >= 4 is 0 Å². The van der Waals surface area contributed by atoms with Crippen LogP contribution in [0.5, 0.6) is 0 Å². The van der Waals surface area contributed by atoms with Gasteiger partial charge in [0.2, 0.25) is 0 Å². The van der Waals surface area contributed by atoms with E-state index in [4.69, 9.17) is 10.8 Å². The Kier molecular flexibility index (Phi) is 2.10. The van der Waals surface area contributed by atoms with E-state index >= 15 is 0 Å². The van der Waals surface area contributed by atoms with E-state index in [1.54, 1.807) is 0 Å². The number of hydrogen-bond acceptors (Lipinski definition) is 2. The van der Waals surface area contributed by atoms with Crippen LogP contribution in [0.15, 0.2) is 30.3 Å². The molecule has 0 bridgehead atoms. The van der Waals surface area contributed by atoms with Gasteiger partial charge < -0.3 is 10.8 Å². The van der Waals surface area contributed by atoms with Crippen LogP contribution in [0.25, 0.3) is 0 Å². The minimum Gasteiger partial charge on any atom is -0.396 e. The van der Waals surface area contributed by atoms with Crippen LogP contribution >= 0.6 is 0 Å². The third kappa shape index (κ3) is 1.26. The minimum atomic E-state index is 0.0794. The first-order valence-electron chi connectivity index (χ1n) is 4.70. The second-order valence-corrected chi connectivity index (χ2v) is 3.81. The van der Waals surface area contributed by atoms with Gasteiger partial charge in [-0.2, -0.15) is 0 Å². The van der Waals surface area contributed by atoms with E-state index in [0.29, 0.717) is 12.5 Å². The smallest absolute Gasteiger partial charge is 0.0468 e. The van der Waals surface area contributed by atoms with Crippen LogP contribution in [-0.2, 0) is 5.41 Å². The maximum atomic E-state index is 9.08. The molecule has 3 N–H and O–H groups in total. The quantitative estimate of drug-likeness (QED) is 0.720. The van der Waals surface area contributed by atoms with Gasteiger partial charge in [-0.15, -0.1) is 0 Å². The minimum absolute atomic E-state index is 0.0794. The summed E-state index contributed by atoms with van der Waals surface area (Å²) in [5, 5.41) is 9.08. The van der Waals surface area contributed by atoms with Crippen LogP contribution in [0.4, 0.5) is 0 Å². The molecule has 0 unspecified atom stereocenters. The van der Waals surface area contributed by atoms with E-state index in [9.17, 15) is 0 Å². The van der Waals surface area contributed by atoms with E-state index in [2.05, 4.69) is 12.1 Å². The van der Waals surface area contributed by atoms with E-state index in [-0.39, 0.29) is 12.0 Å². The summed E-state index contributed by atoms with van der Waals surface area (Å²) in [6, 6.07) is 10.3. The van der Waals surface area contributed by atoms with E-state index in [0.717, 1.165) is 6.42 Å². The zero-order valence-corrected chi connectivity index (χ0v) is 7.61. The Morgan fingerprint density at radius 2 is 2.08 bits per heavy atom. The van der Waals surface area contributed by atoms with Crippen molar-refractivity contribution in [3.05, 3.63) is 35.9 Å². The van der Waals surface area contributed by atoms with Crippen molar-refractivity contribution in [2.45, 2.75) is 11.8 Å². The number of aliphatic hydroxyl groups is 1. The first-order valence-corrected chi connectivity index (χ1v) is 4.70. The SMILES string of the molecule is NC[C@]1(c2ccccc2)C[C@@H]1CO. The molecule has 2 nitrogen and oxygen atoms in total. The van der Waals surface area contributed by atoms with Crippen LogP contribution < -0.4 is 5.73 Å². The van der Waals surface area contributed by atoms with Gasteiger partial charge in [-0.3, -0.25) is 0 Å². The van der Waals surface area contributed by atoms with Gasteiger partial charge in [-0.1, -0.05) is 30.3 Å². The lowest BCUT2D eigenvalue weighted by atomic mass is 9.93. The molecule has 0 radical (unpaired) electrons. The Labute approximate surface area is 78.4 Å². The van der Waals surface area contributed by atoms with Crippen LogP contribution in [-0.4, -0.2) is 18.3 Å². The lowest BCUT2D eigenvalue weighted by molar-refractivity contribution is 0.264. The fraction of sp³-hybridized carbons (Fsp3) is 0.455. The predicted molar refractivity (Wildman–Crippen MR) is 52.4 cm³/mol. The molecule has 0 spiro atoms. The zero-order valence-electron chi connectivity index (χ0n) is 7.61. The number of benzene rings is 1. The van der Waals surface area contributed by atoms with E-state index in [1.165, 1.54) is 5.56 Å². The van der Waals surface area contributed by atoms with E-state index in [1.807, 2.05) is 18.2 Å². The van der Waals surface area contributed by atoms with E-state index < -0.39 is 0 Å². The van der Waals surface area contributed by atoms with Gasteiger partial charge in [0.25, 0.3) is 0 Å². The summed E-state index contributed by atoms with van der Waals surface area (Å²) in [5.74, 6) is 0.375. The van der Waals surface area contributed by atoms with Crippen LogP contribution in [0.2, 0.25) is 0 Å². The van der Waals surface area contributed by atoms with Gasteiger partial charge >= 0.3 is 0 Å². The maximum Gasteiger partial charge on any atom is 0.0468 e. The molecule has 2 rings (SSSR count). The number of rotatable bonds is 3. The molecular weight excluding hydrogens is 162 g/mol. The summed E-state index contributed by atoms with van der Waals surface area (Å²) in [6.07, 6.45) is 1.03. The molecule has 2 atom stereocenters. The lowest BCUT2D eigenvalue weighted by Gasteiger charge is -2.14. The summed E-state index contributed by atoms with van der Waals surface area (Å²) in [4.78, 5) is 0. The van der Waals surface area contributed by atoms with Gasteiger partial charge in [-0.05, 0) is 17.9 Å². The van der Waals surface area contributed by atoms with Crippen molar-refractivity contribution in [3.63, 3.8) is 0 Å². The summed E-state index contributed by atoms with van der Waals surface area (Å²) < 4.78 is 0. The van der Waals surface area contributed by atoms with Crippen LogP contribution in [0, 0.1) is 5.92 Å². The van der Waals surface area contributed by atoms with Crippen molar-refractivity contribution in [2.24, 2.45) is 11.7 Å². The van der Waals surface area contributed by atoms with Gasteiger partial charge in [-0.25, -0.2) is 0 Å². The van der Waals surface area contributed by atoms with Gasteiger partial charge in [0.15, 0.2) is 0 Å². The van der Waals surface area contributed by atoms with Gasteiger partial charge in [0.05, 0.1) is 0 Å². The fourth-order valence-corrected chi connectivity index (χ4v) is 2.11. The Hall–Kier alpha value is -0.860. The average Bonchev–Trinajstić information content (AvgIpc) is 2.94. The highest BCUT2D eigenvalue weighted by molar-refractivity contribution is 5.34. The van der Waals surface area contributed by atoms with Crippen molar-refractivity contribution in [1.29, 1.82) is 0 Å². The molecule has 0 saturated heterocycles. The molecule has 1 aliphatic carbocycles. The number of nitrogens with two attached hydrogens (primary N) is 1. The molecule has 0 heterocycles. The number of hydrogen-bond donors (Lipinski definition) is 2. The third-order valence-electron chi connectivity index (χ3n) is 3.17. The third-order valence-corrected chi connectivity index (χ3v) is 3.17. The molecule has 13 heavy (non-hydrogen) atoms. The van der Waals surface area contributed by atoms with Gasteiger partial charge in [0, 0.05) is 18.6 Å². The highest BCUT2D eigenvalue weighted by Gasteiger charge is 2.53. The normalized spacial score (nSPS) is 31.7. The monoisotopic (exact) mass is 177 g/mol. The summed E-state index contributed by atoms with van der Waals surface area (Å²) >= 11 is 0. The van der Waals surface area contributed by atoms with Crippen LogP contribution in [0.1, 0.15) is 12.0 Å². The second-order valence-electron chi connectivity index (χ2n) is 3.81. The lowest BCUT2D eigenvalue weighted by Crippen LogP contribution is -2.23. The topological polar surface area (TPSA) is 46.2 Å². The largest absolute Gasteiger partial charge is 0.396 e. The van der Waals surface area contributed by atoms with Crippen molar-refractivity contribution in [2.75, 3.05) is 13.2 Å². The molecule has 0 aliphatic heterocycles. The highest BCUT2D eigenvalue weighted by atomic mass is 16.3. The molecule has 1 saturated carbocycles. The Morgan fingerprint density at radius 3 is 2.54 bits per heavy atom. The zero-order chi connectivity index (χ0) is 9.31. The van der Waals surface area contributed by atoms with Crippen molar-refractivity contribution in [3.8, 4) is 0 Å². The van der Waals surface area contributed by atoms with Crippen molar-refractivity contribution in [1.82, 2.24) is 0 Å². The standard InChI is InChI=1S/C11H15NO/c12-8-11(6-10(11)7-13)9-4-2-1-3-5-9/h1-5,10,13H,6-8,12H2/t10-,11+/m1/s1. The highest BCUT2D eigenvalue weighted by Crippen LogP contribution is 2.52. The fourth-order valence-electron chi connectivity index (χ4n) is 2.11. The predicted octanol–water partition coefficient (Wildman–Crippen LogP) is 0.895. The first kappa shape index (κ1) is 8.73. The Bertz CT molecular complexity index is 285. The molecule has 1 aromatic rings. The molecule has 2 heteroatoms. The average molecular weight is 177 g/mol. The molecular formula is C11H15NO. The Balaban J connectivity index is 2.25. The van der Waals surface area contributed by atoms with Gasteiger partial charge in [0.1, 0.15) is 0 Å². The maximum absolute atomic E-state index is 9.08. The molecule has 0 aromatic heterocycles. The summed E-state index contributed by atoms with van der Waals surface area (Å²) in [6.45, 7) is 0.897. The molecule has 0 amide bonds. The molecule has 70 valence electrons. The molecule has 1 fully saturated rings. The second kappa shape index (κ2) is 3.13. The first-order chi connectivity index (χ1) is 6.33. The van der Waals surface area contributed by atoms with Crippen LogP contribution in [0.3, 0.4) is 0 Å². The summed E-state index contributed by atoms with van der Waals surface area (Å²) in [7, 11) is 0. The number of aliphatic hydroxyl groups excluding tert-OH is 1. The molecule has 1 aromatic carbocycles. The molecule has 1 aliphatic rings. The van der Waals surface area contributed by atoms with Crippen molar-refractivity contribution < 1.29 is 5.11 Å². The Morgan fingerprint density at radius 1 is 1.38 bits per heavy atom.